The van der Waals surface area contributed by atoms with Crippen LogP contribution in [0.25, 0.3) is 6.08 Å². The predicted octanol–water partition coefficient (Wildman–Crippen LogP) is 3.73. The Labute approximate surface area is 171 Å². The maximum atomic E-state index is 12.5. The molecule has 0 radical (unpaired) electrons. The quantitative estimate of drug-likeness (QED) is 0.398. The van der Waals surface area contributed by atoms with E-state index in [4.69, 9.17) is 4.74 Å². The summed E-state index contributed by atoms with van der Waals surface area (Å²) in [5.41, 5.74) is 1.83. The van der Waals surface area contributed by atoms with Gasteiger partial charge in [0.15, 0.2) is 0 Å². The summed E-state index contributed by atoms with van der Waals surface area (Å²) in [6.45, 7) is 2.54. The third-order valence-electron chi connectivity index (χ3n) is 4.61. The van der Waals surface area contributed by atoms with Crippen LogP contribution in [0.4, 0.5) is 11.4 Å². The van der Waals surface area contributed by atoms with Crippen LogP contribution >= 0.6 is 15.9 Å². The molecule has 0 bridgehead atoms. The Kier molecular flexibility index (Phi) is 6.30. The summed E-state index contributed by atoms with van der Waals surface area (Å²) >= 11 is 3.42. The summed E-state index contributed by atoms with van der Waals surface area (Å²) in [4.78, 5) is 26.8. The van der Waals surface area contributed by atoms with E-state index in [0.717, 1.165) is 15.7 Å². The first-order valence-corrected chi connectivity index (χ1v) is 9.57. The van der Waals surface area contributed by atoms with Crippen LogP contribution in [0, 0.1) is 10.1 Å². The normalized spacial score (nSPS) is 14.4. The summed E-state index contributed by atoms with van der Waals surface area (Å²) < 4.78 is 6.23. The number of hydrogen-bond acceptors (Lipinski definition) is 5. The zero-order valence-corrected chi connectivity index (χ0v) is 17.0. The van der Waals surface area contributed by atoms with E-state index in [2.05, 4.69) is 20.8 Å². The van der Waals surface area contributed by atoms with Gasteiger partial charge in [-0.3, -0.25) is 14.9 Å². The van der Waals surface area contributed by atoms with Crippen LogP contribution in [0.3, 0.4) is 0 Å². The minimum absolute atomic E-state index is 0.0506. The number of halogens is 1. The number of nitro benzene ring substituents is 1. The van der Waals surface area contributed by atoms with Crippen LogP contribution in [0.5, 0.6) is 5.75 Å². The molecule has 1 aliphatic rings. The van der Waals surface area contributed by atoms with E-state index < -0.39 is 4.92 Å². The number of benzene rings is 2. The number of anilines is 1. The lowest BCUT2D eigenvalue weighted by molar-refractivity contribution is -0.384. The molecule has 2 aromatic rings. The highest BCUT2D eigenvalue weighted by Crippen LogP contribution is 2.24. The minimum Gasteiger partial charge on any atom is -0.496 e. The highest BCUT2D eigenvalue weighted by Gasteiger charge is 2.20. The van der Waals surface area contributed by atoms with Gasteiger partial charge in [0.2, 0.25) is 5.91 Å². The number of carbonyl (C=O) groups excluding carboxylic acids is 1. The molecule has 0 aliphatic carbocycles. The summed E-state index contributed by atoms with van der Waals surface area (Å²) in [5, 5.41) is 10.8. The van der Waals surface area contributed by atoms with E-state index >= 15 is 0 Å². The molecule has 1 heterocycles. The molecule has 0 spiro atoms. The Bertz CT molecular complexity index is 891. The molecular weight excluding hydrogens is 426 g/mol. The van der Waals surface area contributed by atoms with Crippen molar-refractivity contribution in [2.45, 2.75) is 0 Å². The number of rotatable bonds is 5. The second kappa shape index (κ2) is 8.88. The topological polar surface area (TPSA) is 75.9 Å². The second-order valence-corrected chi connectivity index (χ2v) is 7.22. The molecule has 0 saturated carbocycles. The number of non-ortho nitro benzene ring substituents is 1. The third kappa shape index (κ3) is 4.69. The van der Waals surface area contributed by atoms with Crippen molar-refractivity contribution in [2.75, 3.05) is 38.2 Å². The van der Waals surface area contributed by atoms with E-state index in [1.807, 2.05) is 18.2 Å². The first kappa shape index (κ1) is 19.9. The molecule has 0 atom stereocenters. The number of piperazine rings is 1. The Morgan fingerprint density at radius 2 is 1.82 bits per heavy atom. The molecule has 0 unspecified atom stereocenters. The molecule has 3 rings (SSSR count). The Morgan fingerprint density at radius 1 is 1.14 bits per heavy atom. The maximum absolute atomic E-state index is 12.5. The Morgan fingerprint density at radius 3 is 2.43 bits per heavy atom. The van der Waals surface area contributed by atoms with Gasteiger partial charge in [-0.15, -0.1) is 0 Å². The molecule has 7 nitrogen and oxygen atoms in total. The molecule has 1 saturated heterocycles. The smallest absolute Gasteiger partial charge is 0.269 e. The molecule has 1 amide bonds. The first-order chi connectivity index (χ1) is 13.5. The van der Waals surface area contributed by atoms with Crippen LogP contribution < -0.4 is 9.64 Å². The van der Waals surface area contributed by atoms with E-state index in [-0.39, 0.29) is 11.6 Å². The predicted molar refractivity (Wildman–Crippen MR) is 112 cm³/mol. The van der Waals surface area contributed by atoms with Crippen LogP contribution in [0.15, 0.2) is 53.0 Å². The number of amides is 1. The van der Waals surface area contributed by atoms with Crippen molar-refractivity contribution >= 4 is 39.3 Å². The van der Waals surface area contributed by atoms with Gasteiger partial charge in [-0.2, -0.15) is 0 Å². The molecule has 2 aromatic carbocycles. The lowest BCUT2D eigenvalue weighted by Gasteiger charge is -2.35. The van der Waals surface area contributed by atoms with Crippen LogP contribution in [0.1, 0.15) is 5.56 Å². The van der Waals surface area contributed by atoms with Gasteiger partial charge < -0.3 is 14.5 Å². The SMILES string of the molecule is COc1ccc(Br)cc1C=CC(=O)N1CCN(c2ccc([N+](=O)[O-])cc2)CC1. The fraction of sp³-hybridized carbons (Fsp3) is 0.250. The maximum Gasteiger partial charge on any atom is 0.269 e. The van der Waals surface area contributed by atoms with Crippen LogP contribution in [-0.2, 0) is 4.79 Å². The van der Waals surface area contributed by atoms with E-state index in [1.165, 1.54) is 12.1 Å². The number of ether oxygens (including phenoxy) is 1. The number of methoxy groups -OCH3 is 1. The Hall–Kier alpha value is -2.87. The van der Waals surface area contributed by atoms with Crippen LogP contribution in [-0.4, -0.2) is 49.0 Å². The van der Waals surface area contributed by atoms with Crippen molar-refractivity contribution in [1.82, 2.24) is 4.90 Å². The molecule has 1 fully saturated rings. The fourth-order valence-corrected chi connectivity index (χ4v) is 3.45. The largest absolute Gasteiger partial charge is 0.496 e. The Balaban J connectivity index is 1.59. The average Bonchev–Trinajstić information content (AvgIpc) is 2.72. The van der Waals surface area contributed by atoms with E-state index in [0.29, 0.717) is 31.9 Å². The van der Waals surface area contributed by atoms with Crippen molar-refractivity contribution in [1.29, 1.82) is 0 Å². The van der Waals surface area contributed by atoms with Gasteiger partial charge >= 0.3 is 0 Å². The van der Waals surface area contributed by atoms with Gasteiger partial charge in [-0.1, -0.05) is 15.9 Å². The first-order valence-electron chi connectivity index (χ1n) is 8.78. The zero-order valence-electron chi connectivity index (χ0n) is 15.4. The lowest BCUT2D eigenvalue weighted by atomic mass is 10.2. The van der Waals surface area contributed by atoms with Crippen molar-refractivity contribution in [3.8, 4) is 5.75 Å². The number of carbonyl (C=O) groups is 1. The van der Waals surface area contributed by atoms with Gasteiger partial charge in [0.1, 0.15) is 5.75 Å². The van der Waals surface area contributed by atoms with E-state index in [1.54, 1.807) is 36.3 Å². The van der Waals surface area contributed by atoms with Gasteiger partial charge in [0, 0.05) is 60.1 Å². The lowest BCUT2D eigenvalue weighted by Crippen LogP contribution is -2.48. The number of nitrogens with zero attached hydrogens (tertiary/aromatic N) is 3. The minimum atomic E-state index is -0.410. The molecular formula is C20H20BrN3O4. The van der Waals surface area contributed by atoms with Gasteiger partial charge in [0.05, 0.1) is 12.0 Å². The fourth-order valence-electron chi connectivity index (χ4n) is 3.07. The molecule has 1 aliphatic heterocycles. The highest BCUT2D eigenvalue weighted by atomic mass is 79.9. The van der Waals surface area contributed by atoms with Crippen molar-refractivity contribution in [2.24, 2.45) is 0 Å². The monoisotopic (exact) mass is 445 g/mol. The van der Waals surface area contributed by atoms with Crippen molar-refractivity contribution < 1.29 is 14.5 Å². The summed E-state index contributed by atoms with van der Waals surface area (Å²) in [6.07, 6.45) is 3.32. The zero-order chi connectivity index (χ0) is 20.1. The average molecular weight is 446 g/mol. The highest BCUT2D eigenvalue weighted by molar-refractivity contribution is 9.10. The summed E-state index contributed by atoms with van der Waals surface area (Å²) in [6, 6.07) is 12.1. The number of hydrogen-bond donors (Lipinski definition) is 0. The summed E-state index contributed by atoms with van der Waals surface area (Å²) in [7, 11) is 1.60. The van der Waals surface area contributed by atoms with Gasteiger partial charge in [-0.05, 0) is 36.4 Å². The standard InChI is InChI=1S/C20H20BrN3O4/c1-28-19-8-3-16(21)14-15(19)2-9-20(25)23-12-10-22(11-13-23)17-4-6-18(7-5-17)24(26)27/h2-9,14H,10-13H2,1H3. The third-order valence-corrected chi connectivity index (χ3v) is 5.11. The van der Waals surface area contributed by atoms with Crippen molar-refractivity contribution in [3.63, 3.8) is 0 Å². The van der Waals surface area contributed by atoms with Crippen molar-refractivity contribution in [3.05, 3.63) is 68.7 Å². The molecule has 0 aromatic heterocycles. The second-order valence-electron chi connectivity index (χ2n) is 6.31. The molecule has 28 heavy (non-hydrogen) atoms. The van der Waals surface area contributed by atoms with Crippen LogP contribution in [0.2, 0.25) is 0 Å². The van der Waals surface area contributed by atoms with E-state index in [9.17, 15) is 14.9 Å². The molecule has 0 N–H and O–H groups in total. The van der Waals surface area contributed by atoms with Gasteiger partial charge in [0.25, 0.3) is 5.69 Å². The molecule has 8 heteroatoms. The molecule has 146 valence electrons. The number of nitro groups is 1. The summed E-state index contributed by atoms with van der Waals surface area (Å²) in [5.74, 6) is 0.653. The van der Waals surface area contributed by atoms with Gasteiger partial charge in [-0.25, -0.2) is 0 Å².